The number of aliphatic hydroxyl groups is 1. The second kappa shape index (κ2) is 5.29. The number of fused-ring (bicyclic) bond motifs is 3. The minimum absolute atomic E-state index is 0.0396. The van der Waals surface area contributed by atoms with Crippen molar-refractivity contribution in [1.29, 1.82) is 0 Å². The summed E-state index contributed by atoms with van der Waals surface area (Å²) < 4.78 is 0.555. The molecule has 0 heterocycles. The van der Waals surface area contributed by atoms with E-state index in [0.717, 1.165) is 5.56 Å². The molecule has 1 unspecified atom stereocenters. The van der Waals surface area contributed by atoms with Gasteiger partial charge >= 0.3 is 0 Å². The first-order chi connectivity index (χ1) is 11.1. The molecule has 6 nitrogen and oxygen atoms in total. The molecular weight excluding hydrogens is 308 g/mol. The number of benzene rings is 1. The molecule has 1 aromatic carbocycles. The lowest BCUT2D eigenvalue weighted by Crippen LogP contribution is -2.65. The maximum atomic E-state index is 12.1. The molecule has 0 aliphatic heterocycles. The molecule has 0 bridgehead atoms. The standard InChI is InChI=1S/C18H24N2O4/c1-20(2,3)14-8-10-4-5-12(17(19)23)16(22)15(10)13-9-11(21)6-7-18(13,14)24/h4-5,13-14,24H,6-9H2,1-3H3,(H2-,19,22,23)/p+1/t13?,14-,18+/m1/s1. The second-order valence-corrected chi connectivity index (χ2v) is 8.02. The number of aromatic hydroxyl groups is 1. The van der Waals surface area contributed by atoms with Crippen molar-refractivity contribution in [3.8, 4) is 5.75 Å². The number of hydrogen-bond acceptors (Lipinski definition) is 4. The van der Waals surface area contributed by atoms with Gasteiger partial charge in [-0.2, -0.15) is 0 Å². The maximum absolute atomic E-state index is 12.1. The van der Waals surface area contributed by atoms with Gasteiger partial charge in [0.05, 0.1) is 26.7 Å². The van der Waals surface area contributed by atoms with Gasteiger partial charge in [-0.05, 0) is 18.1 Å². The van der Waals surface area contributed by atoms with Crippen LogP contribution < -0.4 is 5.73 Å². The molecule has 0 spiro atoms. The first kappa shape index (κ1) is 16.9. The van der Waals surface area contributed by atoms with Crippen molar-refractivity contribution in [2.24, 2.45) is 5.73 Å². The summed E-state index contributed by atoms with van der Waals surface area (Å²) in [5.74, 6) is -1.33. The predicted octanol–water partition coefficient (Wildman–Crippen LogP) is 0.690. The Morgan fingerprint density at radius 1 is 1.29 bits per heavy atom. The summed E-state index contributed by atoms with van der Waals surface area (Å²) in [4.78, 5) is 23.6. The number of rotatable bonds is 2. The van der Waals surface area contributed by atoms with Crippen LogP contribution in [0.1, 0.15) is 46.7 Å². The Morgan fingerprint density at radius 3 is 2.54 bits per heavy atom. The highest BCUT2D eigenvalue weighted by molar-refractivity contribution is 5.96. The fourth-order valence-corrected chi connectivity index (χ4v) is 4.52. The highest BCUT2D eigenvalue weighted by atomic mass is 16.3. The fraction of sp³-hybridized carbons (Fsp3) is 0.556. The summed E-state index contributed by atoms with van der Waals surface area (Å²) in [6.07, 6.45) is 1.47. The van der Waals surface area contributed by atoms with Gasteiger partial charge in [-0.25, -0.2) is 0 Å². The Morgan fingerprint density at radius 2 is 1.96 bits per heavy atom. The van der Waals surface area contributed by atoms with E-state index in [-0.39, 0.29) is 29.6 Å². The number of carbonyl (C=O) groups excluding carboxylic acids is 2. The zero-order chi connectivity index (χ0) is 17.9. The van der Waals surface area contributed by atoms with E-state index in [9.17, 15) is 19.8 Å². The molecule has 1 aromatic rings. The minimum atomic E-state index is -1.09. The average molecular weight is 333 g/mol. The summed E-state index contributed by atoms with van der Waals surface area (Å²) in [6.45, 7) is 0. The van der Waals surface area contributed by atoms with Crippen molar-refractivity contribution in [3.63, 3.8) is 0 Å². The van der Waals surface area contributed by atoms with Gasteiger partial charge < -0.3 is 20.4 Å². The molecule has 0 aromatic heterocycles. The van der Waals surface area contributed by atoms with E-state index in [4.69, 9.17) is 5.73 Å². The number of nitrogens with zero attached hydrogens (tertiary/aromatic N) is 1. The van der Waals surface area contributed by atoms with Gasteiger partial charge in [0.15, 0.2) is 0 Å². The van der Waals surface area contributed by atoms with Gasteiger partial charge in [0.25, 0.3) is 5.91 Å². The zero-order valence-corrected chi connectivity index (χ0v) is 14.4. The number of Topliss-reactive ketones (excluding diaryl/α,β-unsaturated/α-hetero) is 1. The summed E-state index contributed by atoms with van der Waals surface area (Å²) in [6, 6.07) is 3.22. The molecule has 2 aliphatic rings. The Kier molecular flexibility index (Phi) is 3.73. The molecule has 0 radical (unpaired) electrons. The number of quaternary nitrogens is 1. The molecule has 2 aliphatic carbocycles. The molecule has 1 fully saturated rings. The van der Waals surface area contributed by atoms with Crippen LogP contribution in [-0.4, -0.2) is 59.2 Å². The van der Waals surface area contributed by atoms with Gasteiger partial charge in [-0.3, -0.25) is 9.59 Å². The number of carbonyl (C=O) groups is 2. The van der Waals surface area contributed by atoms with Gasteiger partial charge in [0, 0.05) is 30.7 Å². The number of ketones is 1. The van der Waals surface area contributed by atoms with Crippen LogP contribution in [0.15, 0.2) is 12.1 Å². The third kappa shape index (κ3) is 2.41. The topological polar surface area (TPSA) is 101 Å². The fourth-order valence-electron chi connectivity index (χ4n) is 4.52. The Balaban J connectivity index is 2.23. The number of primary amides is 1. The third-order valence-corrected chi connectivity index (χ3v) is 5.69. The van der Waals surface area contributed by atoms with Crippen molar-refractivity contribution < 1.29 is 24.3 Å². The molecule has 3 rings (SSSR count). The van der Waals surface area contributed by atoms with Crippen LogP contribution in [0.25, 0.3) is 0 Å². The van der Waals surface area contributed by atoms with Crippen LogP contribution in [-0.2, 0) is 11.2 Å². The van der Waals surface area contributed by atoms with Gasteiger partial charge in [0.1, 0.15) is 23.2 Å². The van der Waals surface area contributed by atoms with Gasteiger partial charge in [-0.15, -0.1) is 0 Å². The summed E-state index contributed by atoms with van der Waals surface area (Å²) >= 11 is 0. The lowest BCUT2D eigenvalue weighted by atomic mass is 9.61. The molecule has 4 N–H and O–H groups in total. The van der Waals surface area contributed by atoms with E-state index in [0.29, 0.717) is 29.3 Å². The van der Waals surface area contributed by atoms with Crippen LogP contribution in [0.2, 0.25) is 0 Å². The second-order valence-electron chi connectivity index (χ2n) is 8.02. The van der Waals surface area contributed by atoms with Crippen molar-refractivity contribution >= 4 is 11.7 Å². The summed E-state index contributed by atoms with van der Waals surface area (Å²) in [7, 11) is 6.08. The van der Waals surface area contributed by atoms with Crippen LogP contribution in [0, 0.1) is 0 Å². The SMILES string of the molecule is C[N+](C)(C)[C@@H]1Cc2ccc(C(N)=O)c(O)c2C2CC(=O)CC[C@]21O. The molecule has 130 valence electrons. The Labute approximate surface area is 141 Å². The van der Waals surface area contributed by atoms with E-state index in [1.54, 1.807) is 6.07 Å². The Bertz CT molecular complexity index is 722. The predicted molar refractivity (Wildman–Crippen MR) is 88.7 cm³/mol. The third-order valence-electron chi connectivity index (χ3n) is 5.69. The number of likely N-dealkylation sites (N-methyl/N-ethyl adjacent to an activating group) is 1. The monoisotopic (exact) mass is 333 g/mol. The first-order valence-corrected chi connectivity index (χ1v) is 8.25. The number of amides is 1. The molecule has 1 saturated carbocycles. The largest absolute Gasteiger partial charge is 0.507 e. The van der Waals surface area contributed by atoms with E-state index < -0.39 is 17.4 Å². The lowest BCUT2D eigenvalue weighted by molar-refractivity contribution is -0.904. The van der Waals surface area contributed by atoms with E-state index in [1.807, 2.05) is 21.1 Å². The zero-order valence-electron chi connectivity index (χ0n) is 14.4. The molecule has 1 amide bonds. The summed E-state index contributed by atoms with van der Waals surface area (Å²) in [5, 5.41) is 22.1. The van der Waals surface area contributed by atoms with E-state index in [1.165, 1.54) is 6.07 Å². The molecule has 3 atom stereocenters. The van der Waals surface area contributed by atoms with Crippen molar-refractivity contribution in [3.05, 3.63) is 28.8 Å². The van der Waals surface area contributed by atoms with Gasteiger partial charge in [-0.1, -0.05) is 6.07 Å². The Hall–Kier alpha value is -1.92. The van der Waals surface area contributed by atoms with E-state index >= 15 is 0 Å². The molecule has 6 heteroatoms. The quantitative estimate of drug-likeness (QED) is 0.693. The molecule has 0 saturated heterocycles. The highest BCUT2D eigenvalue weighted by Gasteiger charge is 2.57. The average Bonchev–Trinajstić information content (AvgIpc) is 2.46. The minimum Gasteiger partial charge on any atom is -0.507 e. The maximum Gasteiger partial charge on any atom is 0.252 e. The number of nitrogens with two attached hydrogens (primary N) is 1. The first-order valence-electron chi connectivity index (χ1n) is 8.25. The van der Waals surface area contributed by atoms with Crippen LogP contribution >= 0.6 is 0 Å². The van der Waals surface area contributed by atoms with Crippen LogP contribution in [0.3, 0.4) is 0 Å². The van der Waals surface area contributed by atoms with Crippen molar-refractivity contribution in [2.45, 2.75) is 43.2 Å². The smallest absolute Gasteiger partial charge is 0.252 e. The van der Waals surface area contributed by atoms with E-state index in [2.05, 4.69) is 0 Å². The van der Waals surface area contributed by atoms with Crippen molar-refractivity contribution in [2.75, 3.05) is 21.1 Å². The summed E-state index contributed by atoms with van der Waals surface area (Å²) in [5.41, 5.74) is 5.69. The normalized spacial score (nSPS) is 29.8. The van der Waals surface area contributed by atoms with Crippen LogP contribution in [0.5, 0.6) is 5.75 Å². The van der Waals surface area contributed by atoms with Crippen molar-refractivity contribution in [1.82, 2.24) is 0 Å². The highest BCUT2D eigenvalue weighted by Crippen LogP contribution is 2.52. The van der Waals surface area contributed by atoms with Crippen LogP contribution in [0.4, 0.5) is 0 Å². The molecular formula is C18H25N2O4+. The van der Waals surface area contributed by atoms with Gasteiger partial charge in [0.2, 0.25) is 0 Å². The molecule has 24 heavy (non-hydrogen) atoms. The number of phenols is 1. The lowest BCUT2D eigenvalue weighted by Gasteiger charge is -2.53. The number of hydrogen-bond donors (Lipinski definition) is 3.